The first-order valence-corrected chi connectivity index (χ1v) is 24.7. The van der Waals surface area contributed by atoms with Crippen LogP contribution in [-0.4, -0.2) is 128 Å². The number of imide groups is 1. The number of fused-ring (bicyclic) bond motifs is 2. The topological polar surface area (TPSA) is 234 Å². The van der Waals surface area contributed by atoms with Gasteiger partial charge < -0.3 is 42.2 Å². The molecule has 2 amide bonds. The Bertz CT molecular complexity index is 2510. The molecule has 0 radical (unpaired) electrons. The molecule has 0 saturated carbocycles. The van der Waals surface area contributed by atoms with E-state index in [2.05, 4.69) is 25.3 Å². The Labute approximate surface area is 386 Å². The van der Waals surface area contributed by atoms with Crippen LogP contribution in [0.25, 0.3) is 17.4 Å². The van der Waals surface area contributed by atoms with Gasteiger partial charge in [0, 0.05) is 74.2 Å². The number of carbonyl (C=O) groups is 3. The molecule has 1 saturated heterocycles. The van der Waals surface area contributed by atoms with Gasteiger partial charge in [-0.15, -0.1) is 5.06 Å². The predicted octanol–water partition coefficient (Wildman–Crippen LogP) is 4.07. The Hall–Kier alpha value is -4.80. The van der Waals surface area contributed by atoms with Crippen molar-refractivity contribution in [3.8, 4) is 11.3 Å². The number of allylic oxidation sites excluding steroid dienone is 3. The minimum atomic E-state index is -4.92. The van der Waals surface area contributed by atoms with Gasteiger partial charge in [0.25, 0.3) is 11.8 Å². The van der Waals surface area contributed by atoms with Crippen molar-refractivity contribution in [2.24, 2.45) is 0 Å². The quantitative estimate of drug-likeness (QED) is 0.0533. The van der Waals surface area contributed by atoms with Crippen LogP contribution >= 0.6 is 0 Å². The Kier molecular flexibility index (Phi) is 18.0. The number of hydrogen-bond acceptors (Lipinski definition) is 16. The van der Waals surface area contributed by atoms with Gasteiger partial charge in [0.1, 0.15) is 34.9 Å². The zero-order valence-corrected chi connectivity index (χ0v) is 40.0. The highest BCUT2D eigenvalue weighted by atomic mass is 32.2. The van der Waals surface area contributed by atoms with Crippen LogP contribution in [0.3, 0.4) is 0 Å². The van der Waals surface area contributed by atoms with Crippen molar-refractivity contribution in [3.05, 3.63) is 82.6 Å². The molecule has 1 fully saturated rings. The van der Waals surface area contributed by atoms with Gasteiger partial charge in [-0.05, 0) is 85.2 Å². The predicted molar refractivity (Wildman–Crippen MR) is 241 cm³/mol. The number of rotatable bonds is 24. The second-order valence-electron chi connectivity index (χ2n) is 17.2. The highest BCUT2D eigenvalue weighted by Crippen LogP contribution is 2.51. The molecule has 1 atom stereocenters. The van der Waals surface area contributed by atoms with Crippen molar-refractivity contribution >= 4 is 49.8 Å². The molecule has 20 heteroatoms. The Morgan fingerprint density at radius 1 is 0.879 bits per heavy atom. The summed E-state index contributed by atoms with van der Waals surface area (Å²) in [5, 5.41) is 1.35. The average Bonchev–Trinajstić information content (AvgIpc) is 3.68. The zero-order chi connectivity index (χ0) is 48.3. The van der Waals surface area contributed by atoms with E-state index in [1.165, 1.54) is 18.2 Å². The average molecular weight is 959 g/mol. The number of benzene rings is 2. The Morgan fingerprint density at radius 2 is 1.53 bits per heavy atom. The van der Waals surface area contributed by atoms with Gasteiger partial charge in [0.05, 0.1) is 47.5 Å². The lowest BCUT2D eigenvalue weighted by molar-refractivity contribution is -0.197. The largest absolute Gasteiger partial charge is 0.748 e. The first-order chi connectivity index (χ1) is 31.2. The van der Waals surface area contributed by atoms with E-state index in [0.29, 0.717) is 86.3 Å². The highest BCUT2D eigenvalue weighted by molar-refractivity contribution is 7.86. The smallest absolute Gasteiger partial charge is 0.333 e. The molecule has 1 aromatic rings. The van der Waals surface area contributed by atoms with Gasteiger partial charge in [-0.1, -0.05) is 26.8 Å². The van der Waals surface area contributed by atoms with Gasteiger partial charge in [-0.3, -0.25) is 9.59 Å². The summed E-state index contributed by atoms with van der Waals surface area (Å²) in [5.41, 5.74) is 1.93. The number of amides is 2. The van der Waals surface area contributed by atoms with Crippen LogP contribution in [-0.2, 0) is 69.2 Å². The molecule has 18 nitrogen and oxygen atoms in total. The molecule has 0 spiro atoms. The SMILES string of the molecule is COCCOCC[N+](CCOCCOC)=c1ccc2c(C(C)(C)C)cc(/C=C/C=C3/N(CCCS(=O)(=O)[O-])c4ccc(S(=O)(=O)[O-])cc4C3(C)CCCC(=O)ON3C(=O)CCC3=O)oc-2c1. The van der Waals surface area contributed by atoms with Crippen molar-refractivity contribution in [1.82, 2.24) is 9.64 Å². The standard InChI is InChI=1S/C46H61N3O15S2/c1-45(2,3)37-31-34(63-40-30-33(13-15-36(37)40)47(21-23-61-27-25-59-5)22-24-62-28-26-60-6)10-7-11-41-46(4,19-8-12-44(52)64-49-42(50)17-18-43(49)51)38-32-35(66(56,57)58)14-16-39(38)48(41)20-9-29-65(53,54)55/h7,10-11,13-16,30-32H,8-9,12,17-29H2,1-6H3,(H-,53,54,55,56,57,58)/p-1. The molecule has 0 bridgehead atoms. The summed E-state index contributed by atoms with van der Waals surface area (Å²) < 4.78 is 103. The minimum absolute atomic E-state index is 0.0249. The van der Waals surface area contributed by atoms with Crippen LogP contribution in [0, 0.1) is 0 Å². The molecule has 3 aliphatic heterocycles. The van der Waals surface area contributed by atoms with E-state index >= 15 is 0 Å². The number of hydroxylamine groups is 2. The maximum Gasteiger partial charge on any atom is 0.333 e. The monoisotopic (exact) mass is 958 g/mol. The molecule has 0 N–H and O–H groups in total. The number of carbonyl (C=O) groups excluding carboxylic acids is 3. The fourth-order valence-electron chi connectivity index (χ4n) is 8.02. The summed E-state index contributed by atoms with van der Waals surface area (Å²) in [6, 6.07) is 11.9. The van der Waals surface area contributed by atoms with Crippen molar-refractivity contribution in [3.63, 3.8) is 0 Å². The molecule has 1 aliphatic carbocycles. The van der Waals surface area contributed by atoms with E-state index in [-0.39, 0.29) is 50.5 Å². The van der Waals surface area contributed by atoms with E-state index in [1.807, 2.05) is 24.3 Å². The summed E-state index contributed by atoms with van der Waals surface area (Å²) in [6.07, 6.45) is 5.09. The number of nitrogens with zero attached hydrogens (tertiary/aromatic N) is 3. The van der Waals surface area contributed by atoms with Crippen LogP contribution in [0.4, 0.5) is 5.69 Å². The maximum absolute atomic E-state index is 12.9. The molecule has 66 heavy (non-hydrogen) atoms. The summed E-state index contributed by atoms with van der Waals surface area (Å²) >= 11 is 0. The van der Waals surface area contributed by atoms with E-state index < -0.39 is 54.1 Å². The summed E-state index contributed by atoms with van der Waals surface area (Å²) in [4.78, 5) is 43.4. The van der Waals surface area contributed by atoms with Crippen LogP contribution in [0.2, 0.25) is 0 Å². The second-order valence-corrected chi connectivity index (χ2v) is 20.1. The molecule has 5 rings (SSSR count). The summed E-state index contributed by atoms with van der Waals surface area (Å²) in [7, 11) is -6.28. The first kappa shape index (κ1) is 52.2. The van der Waals surface area contributed by atoms with Gasteiger partial charge in [0.2, 0.25) is 5.36 Å². The molecule has 362 valence electrons. The molecule has 1 aromatic carbocycles. The third-order valence-electron chi connectivity index (χ3n) is 11.4. The van der Waals surface area contributed by atoms with E-state index in [4.69, 9.17) is 28.2 Å². The Balaban J connectivity index is 1.57. The highest BCUT2D eigenvalue weighted by Gasteiger charge is 2.43. The molecular weight excluding hydrogens is 899 g/mol. The van der Waals surface area contributed by atoms with Crippen molar-refractivity contribution in [2.75, 3.05) is 84.1 Å². The van der Waals surface area contributed by atoms with Crippen LogP contribution in [0.5, 0.6) is 0 Å². The lowest BCUT2D eigenvalue weighted by Crippen LogP contribution is -2.36. The number of anilines is 1. The van der Waals surface area contributed by atoms with Crippen LogP contribution in [0.15, 0.2) is 69.6 Å². The molecule has 1 unspecified atom stereocenters. The summed E-state index contributed by atoms with van der Waals surface area (Å²) in [6.45, 7) is 12.0. The lowest BCUT2D eigenvalue weighted by atomic mass is 9.77. The van der Waals surface area contributed by atoms with Gasteiger partial charge in [0.15, 0.2) is 13.1 Å². The second kappa shape index (κ2) is 22.8. The number of methoxy groups -OCH3 is 2. The molecule has 3 heterocycles. The minimum Gasteiger partial charge on any atom is -0.748 e. The van der Waals surface area contributed by atoms with E-state index in [9.17, 15) is 40.3 Å². The van der Waals surface area contributed by atoms with Gasteiger partial charge in [-0.2, -0.15) is 0 Å². The van der Waals surface area contributed by atoms with Crippen molar-refractivity contribution in [1.29, 1.82) is 0 Å². The number of hydrogen-bond donors (Lipinski definition) is 0. The zero-order valence-electron chi connectivity index (χ0n) is 38.4. The fourth-order valence-corrected chi connectivity index (χ4v) is 9.00. The summed E-state index contributed by atoms with van der Waals surface area (Å²) in [5.74, 6) is -1.64. The van der Waals surface area contributed by atoms with Crippen LogP contribution in [0.1, 0.15) is 83.1 Å². The first-order valence-electron chi connectivity index (χ1n) is 21.7. The van der Waals surface area contributed by atoms with Crippen molar-refractivity contribution in [2.45, 2.75) is 81.9 Å². The Morgan fingerprint density at radius 3 is 2.12 bits per heavy atom. The van der Waals surface area contributed by atoms with Crippen molar-refractivity contribution < 1.29 is 68.5 Å². The lowest BCUT2D eigenvalue weighted by Gasteiger charge is -2.30. The number of ether oxygens (including phenoxy) is 4. The molecular formula is C46H60N3O15S2-. The van der Waals surface area contributed by atoms with Gasteiger partial charge >= 0.3 is 5.97 Å². The normalized spacial score (nSPS) is 17.5. The van der Waals surface area contributed by atoms with E-state index in [0.717, 1.165) is 16.5 Å². The van der Waals surface area contributed by atoms with Crippen LogP contribution < -0.4 is 14.8 Å². The molecule has 0 aromatic heterocycles. The van der Waals surface area contributed by atoms with Gasteiger partial charge in [-0.25, -0.2) is 26.2 Å². The molecule has 4 aliphatic rings. The van der Waals surface area contributed by atoms with E-state index in [1.54, 1.807) is 44.3 Å². The maximum atomic E-state index is 12.9. The third-order valence-corrected chi connectivity index (χ3v) is 13.0. The fraction of sp³-hybridized carbons (Fsp3) is 0.522. The third kappa shape index (κ3) is 13.9.